The Bertz CT molecular complexity index is 2620. The number of benzene rings is 5. The van der Waals surface area contributed by atoms with Crippen molar-refractivity contribution in [2.24, 2.45) is 5.41 Å². The maximum absolute atomic E-state index is 14.1. The van der Waals surface area contributed by atoms with Crippen LogP contribution in [0.5, 0.6) is 17.2 Å². The van der Waals surface area contributed by atoms with Crippen LogP contribution in [0.2, 0.25) is 0 Å². The molecule has 0 radical (unpaired) electrons. The molecule has 326 valence electrons. The minimum Gasteiger partial charge on any atom is -0.493 e. The maximum atomic E-state index is 14.1. The second kappa shape index (κ2) is 16.8. The van der Waals surface area contributed by atoms with E-state index in [1.54, 1.807) is 21.9 Å². The lowest BCUT2D eigenvalue weighted by atomic mass is 9.90. The molecule has 0 aromatic heterocycles. The van der Waals surface area contributed by atoms with Crippen molar-refractivity contribution in [1.82, 2.24) is 0 Å². The number of hydrogen-bond donors (Lipinski definition) is 3. The average molecular weight is 850 g/mol. The summed E-state index contributed by atoms with van der Waals surface area (Å²) in [5.74, 6) is 1.02. The second-order valence-corrected chi connectivity index (χ2v) is 18.7. The first-order chi connectivity index (χ1) is 30.2. The molecule has 4 aliphatic heterocycles. The number of methoxy groups -OCH3 is 1. The van der Waals surface area contributed by atoms with E-state index < -0.39 is 12.2 Å². The molecule has 3 N–H and O–H groups in total. The number of carbonyl (C=O) groups is 3. The first kappa shape index (κ1) is 42.1. The van der Waals surface area contributed by atoms with Gasteiger partial charge in [-0.15, -0.1) is 0 Å². The number of amides is 3. The molecule has 2 unspecified atom stereocenters. The van der Waals surface area contributed by atoms with Crippen molar-refractivity contribution in [3.05, 3.63) is 141 Å². The largest absolute Gasteiger partial charge is 0.493 e. The normalized spacial score (nSPS) is 19.8. The molecule has 4 atom stereocenters. The van der Waals surface area contributed by atoms with Crippen molar-refractivity contribution < 1.29 is 38.8 Å². The van der Waals surface area contributed by atoms with Gasteiger partial charge in [0.15, 0.2) is 11.5 Å². The number of aliphatic hydroxyl groups excluding tert-OH is 2. The van der Waals surface area contributed by atoms with Crippen molar-refractivity contribution >= 4 is 34.8 Å². The van der Waals surface area contributed by atoms with Gasteiger partial charge in [-0.1, -0.05) is 57.2 Å². The minimum atomic E-state index is -0.779. The number of anilines is 3. The number of nitrogens with one attached hydrogen (secondary N) is 1. The number of nitrogens with zero attached hydrogens (tertiary/aromatic N) is 2. The van der Waals surface area contributed by atoms with E-state index in [2.05, 4.69) is 26.1 Å². The summed E-state index contributed by atoms with van der Waals surface area (Å²) in [5.41, 5.74) is 9.26. The summed E-state index contributed by atoms with van der Waals surface area (Å²) in [6, 6.07) is 27.9. The first-order valence-corrected chi connectivity index (χ1v) is 22.0. The van der Waals surface area contributed by atoms with Crippen molar-refractivity contribution in [1.29, 1.82) is 0 Å². The van der Waals surface area contributed by atoms with Crippen LogP contribution in [0.25, 0.3) is 0 Å². The third kappa shape index (κ3) is 8.39. The van der Waals surface area contributed by atoms with E-state index in [0.717, 1.165) is 57.6 Å². The predicted molar refractivity (Wildman–Crippen MR) is 242 cm³/mol. The maximum Gasteiger partial charge on any atom is 0.259 e. The fourth-order valence-electron chi connectivity index (χ4n) is 9.77. The predicted octanol–water partition coefficient (Wildman–Crippen LogP) is 8.29. The summed E-state index contributed by atoms with van der Waals surface area (Å²) < 4.78 is 18.7. The van der Waals surface area contributed by atoms with Gasteiger partial charge in [0.05, 0.1) is 31.4 Å². The van der Waals surface area contributed by atoms with Crippen LogP contribution in [0.15, 0.2) is 91.0 Å². The van der Waals surface area contributed by atoms with E-state index in [9.17, 15) is 24.6 Å². The van der Waals surface area contributed by atoms with Crippen LogP contribution >= 0.6 is 0 Å². The number of aliphatic hydroxyl groups is 2. The van der Waals surface area contributed by atoms with Crippen molar-refractivity contribution in [3.63, 3.8) is 0 Å². The SMILES string of the molecule is COc1cc2c(cc1OCc1cc(COc3cc4c(cc3C)C(=O)N3c5ccccc5C[C@H]3C(O)C4)cc(NC(=O)CCCC(C)(C)C)c1)CC(O)[C@@H]1Cc3ccccc3N1C2=O. The lowest BCUT2D eigenvalue weighted by molar-refractivity contribution is -0.116. The van der Waals surface area contributed by atoms with E-state index in [1.807, 2.05) is 85.8 Å². The third-order valence-corrected chi connectivity index (χ3v) is 12.9. The van der Waals surface area contributed by atoms with E-state index in [-0.39, 0.29) is 54.9 Å². The van der Waals surface area contributed by atoms with Gasteiger partial charge in [-0.2, -0.15) is 0 Å². The lowest BCUT2D eigenvalue weighted by Gasteiger charge is -2.26. The Labute approximate surface area is 368 Å². The molecule has 11 nitrogen and oxygen atoms in total. The van der Waals surface area contributed by atoms with Crippen molar-refractivity contribution in [3.8, 4) is 17.2 Å². The molecular weight excluding hydrogens is 795 g/mol. The number of hydrogen-bond acceptors (Lipinski definition) is 8. The monoisotopic (exact) mass is 849 g/mol. The van der Waals surface area contributed by atoms with Crippen LogP contribution in [0.3, 0.4) is 0 Å². The Kier molecular flexibility index (Phi) is 11.3. The summed E-state index contributed by atoms with van der Waals surface area (Å²) in [4.78, 5) is 44.8. The van der Waals surface area contributed by atoms with Gasteiger partial charge in [-0.05, 0) is 132 Å². The highest BCUT2D eigenvalue weighted by atomic mass is 16.5. The smallest absolute Gasteiger partial charge is 0.259 e. The number of fused-ring (bicyclic) bond motifs is 8. The van der Waals surface area contributed by atoms with Crippen LogP contribution in [-0.2, 0) is 43.7 Å². The van der Waals surface area contributed by atoms with Gasteiger partial charge in [-0.3, -0.25) is 14.4 Å². The van der Waals surface area contributed by atoms with Crippen molar-refractivity contribution in [2.45, 2.75) is 110 Å². The molecule has 0 aliphatic carbocycles. The van der Waals surface area contributed by atoms with Gasteiger partial charge in [0.1, 0.15) is 19.0 Å². The number of ether oxygens (including phenoxy) is 3. The van der Waals surface area contributed by atoms with Crippen LogP contribution in [-0.4, -0.2) is 59.3 Å². The molecule has 0 spiro atoms. The molecule has 0 saturated carbocycles. The van der Waals surface area contributed by atoms with E-state index in [0.29, 0.717) is 65.3 Å². The molecule has 5 aromatic carbocycles. The quantitative estimate of drug-likeness (QED) is 0.121. The molecule has 0 saturated heterocycles. The zero-order chi connectivity index (χ0) is 44.2. The standard InChI is InChI=1S/C52H55N3O8/c1-30-17-38-35(23-44(56)42-21-33-11-6-8-13-40(33)54(42)50(38)59)25-46(30)62-28-31-18-32(20-37(19-31)53-49(58)15-10-16-52(2,3)4)29-63-48-26-36-24-45(57)43-22-34-12-7-9-14-41(34)55(43)51(60)39(36)27-47(48)61-5/h6-9,11-14,17-20,25-27,42-45,56-57H,10,15-16,21-24,28-29H2,1-5H3,(H,53,58)/t42-,43-,44?,45?/m0/s1. The lowest BCUT2D eigenvalue weighted by Crippen LogP contribution is -2.43. The summed E-state index contributed by atoms with van der Waals surface area (Å²) in [5, 5.41) is 25.9. The number of rotatable bonds is 11. The molecule has 4 heterocycles. The van der Waals surface area contributed by atoms with Gasteiger partial charge < -0.3 is 39.5 Å². The van der Waals surface area contributed by atoms with Gasteiger partial charge in [-0.25, -0.2) is 0 Å². The molecule has 4 aliphatic rings. The highest BCUT2D eigenvalue weighted by molar-refractivity contribution is 6.10. The molecule has 5 aromatic rings. The van der Waals surface area contributed by atoms with E-state index >= 15 is 0 Å². The third-order valence-electron chi connectivity index (χ3n) is 12.9. The molecule has 0 bridgehead atoms. The topological polar surface area (TPSA) is 138 Å². The Morgan fingerprint density at radius 1 is 0.683 bits per heavy atom. The number of aryl methyl sites for hydroxylation is 1. The Balaban J connectivity index is 0.964. The Morgan fingerprint density at radius 3 is 1.76 bits per heavy atom. The van der Waals surface area contributed by atoms with E-state index in [1.165, 1.54) is 7.11 Å². The molecule has 3 amide bonds. The summed E-state index contributed by atoms with van der Waals surface area (Å²) in [7, 11) is 1.53. The molecular formula is C52H55N3O8. The Hall–Kier alpha value is -6.17. The second-order valence-electron chi connectivity index (χ2n) is 18.7. The first-order valence-electron chi connectivity index (χ1n) is 22.0. The van der Waals surface area contributed by atoms with E-state index in [4.69, 9.17) is 14.2 Å². The highest BCUT2D eigenvalue weighted by Gasteiger charge is 2.43. The van der Waals surface area contributed by atoms with Gasteiger partial charge in [0.2, 0.25) is 5.91 Å². The minimum absolute atomic E-state index is 0.0871. The Morgan fingerprint density at radius 2 is 1.21 bits per heavy atom. The summed E-state index contributed by atoms with van der Waals surface area (Å²) >= 11 is 0. The molecule has 11 heteroatoms. The van der Waals surface area contributed by atoms with Crippen molar-refractivity contribution in [2.75, 3.05) is 22.2 Å². The van der Waals surface area contributed by atoms with Crippen LogP contribution in [0.1, 0.15) is 99.7 Å². The fraction of sp³-hybridized carbons (Fsp3) is 0.365. The molecule has 63 heavy (non-hydrogen) atoms. The van der Waals surface area contributed by atoms with Crippen LogP contribution in [0, 0.1) is 12.3 Å². The molecule has 0 fully saturated rings. The van der Waals surface area contributed by atoms with Gasteiger partial charge in [0.25, 0.3) is 11.8 Å². The highest BCUT2D eigenvalue weighted by Crippen LogP contribution is 2.42. The zero-order valence-corrected chi connectivity index (χ0v) is 36.6. The van der Waals surface area contributed by atoms with Gasteiger partial charge in [0, 0.05) is 47.5 Å². The summed E-state index contributed by atoms with van der Waals surface area (Å²) in [6.07, 6.45) is 2.30. The zero-order valence-electron chi connectivity index (χ0n) is 36.6. The van der Waals surface area contributed by atoms with Gasteiger partial charge >= 0.3 is 0 Å². The number of carbonyl (C=O) groups excluding carboxylic acids is 3. The number of para-hydroxylation sites is 2. The molecule has 9 rings (SSSR count). The fourth-order valence-corrected chi connectivity index (χ4v) is 9.77. The average Bonchev–Trinajstić information content (AvgIpc) is 3.79. The summed E-state index contributed by atoms with van der Waals surface area (Å²) in [6.45, 7) is 8.66. The van der Waals surface area contributed by atoms with Crippen LogP contribution < -0.4 is 29.3 Å². The van der Waals surface area contributed by atoms with Crippen LogP contribution in [0.4, 0.5) is 17.1 Å².